The molecule has 0 spiro atoms. The Balaban J connectivity index is 2.98. The quantitative estimate of drug-likeness (QED) is 0.728. The van der Waals surface area contributed by atoms with Crippen LogP contribution in [0, 0.1) is 0 Å². The van der Waals surface area contributed by atoms with Gasteiger partial charge in [0, 0.05) is 0 Å². The molecule has 0 heterocycles. The van der Waals surface area contributed by atoms with Crippen molar-refractivity contribution in [3.8, 4) is 5.75 Å². The van der Waals surface area contributed by atoms with E-state index in [4.69, 9.17) is 15.5 Å². The first kappa shape index (κ1) is 14.0. The summed E-state index contributed by atoms with van der Waals surface area (Å²) in [5.74, 6) is -2.27. The van der Waals surface area contributed by atoms with Crippen LogP contribution in [-0.4, -0.2) is 16.1 Å². The zero-order valence-corrected chi connectivity index (χ0v) is 9.15. The summed E-state index contributed by atoms with van der Waals surface area (Å²) in [6, 6.07) is 4.19. The minimum Gasteiger partial charge on any atom is -0.406 e. The van der Waals surface area contributed by atoms with Gasteiger partial charge in [0.25, 0.3) is 0 Å². The highest BCUT2D eigenvalue weighted by atomic mass is 31.2. The van der Waals surface area contributed by atoms with E-state index in [0.29, 0.717) is 0 Å². The lowest BCUT2D eigenvalue weighted by atomic mass is 10.2. The van der Waals surface area contributed by atoms with Crippen LogP contribution in [0.3, 0.4) is 0 Å². The average molecular weight is 271 g/mol. The number of rotatable bonds is 3. The maximum absolute atomic E-state index is 11.9. The van der Waals surface area contributed by atoms with E-state index in [9.17, 15) is 17.7 Å². The molecular weight excluding hydrogens is 262 g/mol. The van der Waals surface area contributed by atoms with E-state index in [0.717, 1.165) is 18.2 Å². The third kappa shape index (κ3) is 4.35. The van der Waals surface area contributed by atoms with Crippen molar-refractivity contribution in [2.24, 2.45) is 5.73 Å². The molecule has 0 radical (unpaired) electrons. The molecular formula is C8H9F3NO4P. The minimum atomic E-state index is -4.87. The average Bonchev–Trinajstić information content (AvgIpc) is 2.12. The van der Waals surface area contributed by atoms with Gasteiger partial charge < -0.3 is 20.3 Å². The molecule has 0 bridgehead atoms. The monoisotopic (exact) mass is 271 g/mol. The highest BCUT2D eigenvalue weighted by molar-refractivity contribution is 7.52. The van der Waals surface area contributed by atoms with Crippen molar-refractivity contribution in [1.82, 2.24) is 0 Å². The van der Waals surface area contributed by atoms with Crippen molar-refractivity contribution < 1.29 is 32.3 Å². The van der Waals surface area contributed by atoms with Crippen LogP contribution < -0.4 is 10.5 Å². The van der Waals surface area contributed by atoms with Gasteiger partial charge in [0.1, 0.15) is 11.5 Å². The van der Waals surface area contributed by atoms with E-state index in [2.05, 4.69) is 4.74 Å². The van der Waals surface area contributed by atoms with Crippen molar-refractivity contribution in [3.63, 3.8) is 0 Å². The fourth-order valence-corrected chi connectivity index (χ4v) is 1.64. The van der Waals surface area contributed by atoms with Crippen LogP contribution >= 0.6 is 7.60 Å². The van der Waals surface area contributed by atoms with Crippen molar-refractivity contribution in [3.05, 3.63) is 29.8 Å². The van der Waals surface area contributed by atoms with Gasteiger partial charge in [0.15, 0.2) is 0 Å². The van der Waals surface area contributed by atoms with Gasteiger partial charge in [-0.25, -0.2) is 0 Å². The normalized spacial score (nSPS) is 14.5. The van der Waals surface area contributed by atoms with Gasteiger partial charge in [-0.2, -0.15) is 0 Å². The van der Waals surface area contributed by atoms with Crippen LogP contribution in [0.2, 0.25) is 0 Å². The third-order valence-corrected chi connectivity index (χ3v) is 2.82. The van der Waals surface area contributed by atoms with Crippen LogP contribution in [-0.2, 0) is 4.57 Å². The van der Waals surface area contributed by atoms with Crippen molar-refractivity contribution >= 4 is 7.60 Å². The molecule has 0 aliphatic heterocycles. The summed E-state index contributed by atoms with van der Waals surface area (Å²) in [5.41, 5.74) is 5.07. The van der Waals surface area contributed by atoms with Crippen LogP contribution in [0.1, 0.15) is 11.3 Å². The molecule has 0 fully saturated rings. The minimum absolute atomic E-state index is 0.139. The SMILES string of the molecule is NC(c1cccc(OC(F)(F)F)c1)P(=O)(O)O. The van der Waals surface area contributed by atoms with Crippen LogP contribution in [0.5, 0.6) is 5.75 Å². The lowest BCUT2D eigenvalue weighted by Crippen LogP contribution is -2.17. The van der Waals surface area contributed by atoms with Gasteiger partial charge in [-0.3, -0.25) is 4.57 Å². The second-order valence-corrected chi connectivity index (χ2v) is 4.89. The molecule has 0 saturated heterocycles. The standard InChI is InChI=1S/C8H9F3NO4P/c9-8(10,11)16-6-3-1-2-5(4-6)7(12)17(13,14)15/h1-4,7H,12H2,(H2,13,14,15). The van der Waals surface area contributed by atoms with Gasteiger partial charge in [0.05, 0.1) is 0 Å². The predicted molar refractivity (Wildman–Crippen MR) is 52.1 cm³/mol. The van der Waals surface area contributed by atoms with Crippen LogP contribution in [0.15, 0.2) is 24.3 Å². The summed E-state index contributed by atoms with van der Waals surface area (Å²) in [7, 11) is -4.61. The molecule has 9 heteroatoms. The second kappa shape index (κ2) is 4.66. The van der Waals surface area contributed by atoms with Gasteiger partial charge in [0.2, 0.25) is 0 Å². The fourth-order valence-electron chi connectivity index (χ4n) is 1.09. The molecule has 0 amide bonds. The first-order valence-corrected chi connectivity index (χ1v) is 5.94. The lowest BCUT2D eigenvalue weighted by Gasteiger charge is -2.15. The maximum atomic E-state index is 11.9. The summed E-state index contributed by atoms with van der Waals surface area (Å²) in [6.45, 7) is 0. The Bertz CT molecular complexity index is 445. The zero-order valence-electron chi connectivity index (χ0n) is 8.26. The van der Waals surface area contributed by atoms with Gasteiger partial charge in [-0.1, -0.05) is 12.1 Å². The van der Waals surface area contributed by atoms with Crippen LogP contribution in [0.4, 0.5) is 13.2 Å². The Labute approximate surface area is 94.2 Å². The largest absolute Gasteiger partial charge is 0.573 e. The number of hydrogen-bond donors (Lipinski definition) is 3. The number of alkyl halides is 3. The van der Waals surface area contributed by atoms with E-state index in [1.807, 2.05) is 0 Å². The highest BCUT2D eigenvalue weighted by Gasteiger charge is 2.32. The van der Waals surface area contributed by atoms with Crippen LogP contribution in [0.25, 0.3) is 0 Å². The van der Waals surface area contributed by atoms with E-state index in [1.54, 1.807) is 0 Å². The lowest BCUT2D eigenvalue weighted by molar-refractivity contribution is -0.274. The molecule has 96 valence electrons. The predicted octanol–water partition coefficient (Wildman–Crippen LogP) is 1.72. The van der Waals surface area contributed by atoms with E-state index >= 15 is 0 Å². The highest BCUT2D eigenvalue weighted by Crippen LogP contribution is 2.48. The third-order valence-electron chi connectivity index (χ3n) is 1.80. The van der Waals surface area contributed by atoms with E-state index in [1.165, 1.54) is 6.07 Å². The van der Waals surface area contributed by atoms with Gasteiger partial charge >= 0.3 is 14.0 Å². The molecule has 1 unspecified atom stereocenters. The number of nitrogens with two attached hydrogens (primary N) is 1. The number of ether oxygens (including phenoxy) is 1. The Kier molecular flexibility index (Phi) is 3.83. The fraction of sp³-hybridized carbons (Fsp3) is 0.250. The number of hydrogen-bond acceptors (Lipinski definition) is 3. The Morgan fingerprint density at radius 2 is 1.94 bits per heavy atom. The molecule has 17 heavy (non-hydrogen) atoms. The molecule has 0 saturated carbocycles. The van der Waals surface area contributed by atoms with Crippen molar-refractivity contribution in [2.75, 3.05) is 0 Å². The number of benzene rings is 1. The van der Waals surface area contributed by atoms with Gasteiger partial charge in [-0.05, 0) is 17.7 Å². The molecule has 0 aromatic heterocycles. The topological polar surface area (TPSA) is 92.8 Å². The van der Waals surface area contributed by atoms with E-state index in [-0.39, 0.29) is 5.56 Å². The second-order valence-electron chi connectivity index (χ2n) is 3.15. The molecule has 1 aromatic carbocycles. The molecule has 5 nitrogen and oxygen atoms in total. The van der Waals surface area contributed by atoms with Crippen molar-refractivity contribution in [2.45, 2.75) is 12.1 Å². The summed E-state index contributed by atoms with van der Waals surface area (Å²) in [5, 5.41) is 0. The molecule has 0 aliphatic rings. The first-order chi connectivity index (χ1) is 7.59. The smallest absolute Gasteiger partial charge is 0.406 e. The molecule has 1 aromatic rings. The summed E-state index contributed by atoms with van der Waals surface area (Å²) in [6.07, 6.45) is -4.87. The van der Waals surface area contributed by atoms with E-state index < -0.39 is 25.5 Å². The Morgan fingerprint density at radius 1 is 1.35 bits per heavy atom. The molecule has 0 aliphatic carbocycles. The Morgan fingerprint density at radius 3 is 2.41 bits per heavy atom. The van der Waals surface area contributed by atoms with Crippen molar-refractivity contribution in [1.29, 1.82) is 0 Å². The maximum Gasteiger partial charge on any atom is 0.573 e. The zero-order chi connectivity index (χ0) is 13.3. The summed E-state index contributed by atoms with van der Waals surface area (Å²) < 4.78 is 50.1. The molecule has 1 rings (SSSR count). The summed E-state index contributed by atoms with van der Waals surface area (Å²) >= 11 is 0. The molecule has 4 N–H and O–H groups in total. The Hall–Kier alpha value is -1.08. The number of halogens is 3. The summed E-state index contributed by atoms with van der Waals surface area (Å²) in [4.78, 5) is 17.6. The molecule has 1 atom stereocenters. The first-order valence-electron chi connectivity index (χ1n) is 4.26. The van der Waals surface area contributed by atoms with Gasteiger partial charge in [-0.15, -0.1) is 13.2 Å².